The molecule has 2 N–H and O–H groups in total. The van der Waals surface area contributed by atoms with Gasteiger partial charge >= 0.3 is 0 Å². The molecule has 0 aromatic heterocycles. The number of para-hydroxylation sites is 1. The number of rotatable bonds is 4. The van der Waals surface area contributed by atoms with Crippen molar-refractivity contribution in [2.75, 3.05) is 11.9 Å². The van der Waals surface area contributed by atoms with Crippen LogP contribution in [0.2, 0.25) is 0 Å². The normalized spacial score (nSPS) is 11.4. The Bertz CT molecular complexity index is 299. The molecule has 1 aromatic rings. The fourth-order valence-electron chi connectivity index (χ4n) is 1.27. The van der Waals surface area contributed by atoms with Crippen LogP contribution in [0.15, 0.2) is 28.7 Å². The van der Waals surface area contributed by atoms with Crippen LogP contribution < -0.4 is 5.32 Å². The van der Waals surface area contributed by atoms with E-state index in [1.165, 1.54) is 0 Å². The fraction of sp³-hybridized carbons (Fsp3) is 0.455. The number of anilines is 1. The van der Waals surface area contributed by atoms with Gasteiger partial charge in [-0.3, -0.25) is 0 Å². The van der Waals surface area contributed by atoms with Crippen LogP contribution in [0.5, 0.6) is 0 Å². The van der Waals surface area contributed by atoms with Gasteiger partial charge in [-0.1, -0.05) is 12.1 Å². The van der Waals surface area contributed by atoms with Crippen molar-refractivity contribution in [3.8, 4) is 0 Å². The highest BCUT2D eigenvalue weighted by atomic mass is 79.9. The molecule has 0 bridgehead atoms. The van der Waals surface area contributed by atoms with Crippen molar-refractivity contribution in [1.82, 2.24) is 0 Å². The molecule has 0 fully saturated rings. The summed E-state index contributed by atoms with van der Waals surface area (Å²) in [6.45, 7) is 4.34. The zero-order valence-corrected chi connectivity index (χ0v) is 10.1. The predicted octanol–water partition coefficient (Wildman–Crippen LogP) is 3.02. The number of nitrogens with one attached hydrogen (secondary N) is 1. The number of hydrogen-bond acceptors (Lipinski definition) is 2. The summed E-state index contributed by atoms with van der Waals surface area (Å²) in [6.07, 6.45) is 0.730. The Kier molecular flexibility index (Phi) is 3.96. The monoisotopic (exact) mass is 257 g/mol. The van der Waals surface area contributed by atoms with E-state index in [9.17, 15) is 0 Å². The molecule has 0 aliphatic heterocycles. The second kappa shape index (κ2) is 4.80. The summed E-state index contributed by atoms with van der Waals surface area (Å²) in [6, 6.07) is 7.98. The van der Waals surface area contributed by atoms with Gasteiger partial charge in [0.25, 0.3) is 0 Å². The minimum absolute atomic E-state index is 0.0847. The van der Waals surface area contributed by atoms with Gasteiger partial charge in [0.15, 0.2) is 0 Å². The molecule has 0 saturated carbocycles. The molecule has 0 spiro atoms. The molecular weight excluding hydrogens is 242 g/mol. The highest BCUT2D eigenvalue weighted by molar-refractivity contribution is 9.10. The van der Waals surface area contributed by atoms with E-state index in [4.69, 9.17) is 5.11 Å². The third-order valence-corrected chi connectivity index (χ3v) is 2.78. The summed E-state index contributed by atoms with van der Waals surface area (Å²) in [5.41, 5.74) is 0.976. The SMILES string of the molecule is CC(C)(CCO)Nc1ccccc1Br. The van der Waals surface area contributed by atoms with E-state index < -0.39 is 0 Å². The Morgan fingerprint density at radius 2 is 2.00 bits per heavy atom. The summed E-state index contributed by atoms with van der Waals surface area (Å²) in [7, 11) is 0. The molecule has 78 valence electrons. The highest BCUT2D eigenvalue weighted by Gasteiger charge is 2.17. The molecular formula is C11H16BrNO. The summed E-state index contributed by atoms with van der Waals surface area (Å²) < 4.78 is 1.05. The second-order valence-electron chi connectivity index (χ2n) is 3.96. The van der Waals surface area contributed by atoms with Crippen LogP contribution in [0.3, 0.4) is 0 Å². The predicted molar refractivity (Wildman–Crippen MR) is 63.5 cm³/mol. The molecule has 0 heterocycles. The van der Waals surface area contributed by atoms with Crippen LogP contribution in [0.25, 0.3) is 0 Å². The first kappa shape index (κ1) is 11.5. The average molecular weight is 258 g/mol. The van der Waals surface area contributed by atoms with E-state index in [1.807, 2.05) is 24.3 Å². The molecule has 14 heavy (non-hydrogen) atoms. The lowest BCUT2D eigenvalue weighted by Gasteiger charge is -2.27. The van der Waals surface area contributed by atoms with Gasteiger partial charge < -0.3 is 10.4 Å². The maximum Gasteiger partial charge on any atom is 0.0488 e. The average Bonchev–Trinajstić information content (AvgIpc) is 2.08. The molecule has 0 aliphatic rings. The van der Waals surface area contributed by atoms with Crippen LogP contribution in [-0.4, -0.2) is 17.3 Å². The zero-order valence-electron chi connectivity index (χ0n) is 8.55. The van der Waals surface area contributed by atoms with Crippen molar-refractivity contribution >= 4 is 21.6 Å². The van der Waals surface area contributed by atoms with Crippen molar-refractivity contribution in [1.29, 1.82) is 0 Å². The molecule has 3 heteroatoms. The van der Waals surface area contributed by atoms with E-state index in [-0.39, 0.29) is 12.1 Å². The first-order valence-electron chi connectivity index (χ1n) is 4.69. The Labute approximate surface area is 93.5 Å². The van der Waals surface area contributed by atoms with Gasteiger partial charge in [-0.2, -0.15) is 0 Å². The van der Waals surface area contributed by atoms with Crippen LogP contribution in [0.4, 0.5) is 5.69 Å². The second-order valence-corrected chi connectivity index (χ2v) is 4.82. The van der Waals surface area contributed by atoms with Crippen molar-refractivity contribution in [2.45, 2.75) is 25.8 Å². The van der Waals surface area contributed by atoms with Gasteiger partial charge in [0.1, 0.15) is 0 Å². The molecule has 1 rings (SSSR count). The molecule has 0 unspecified atom stereocenters. The standard InChI is InChI=1S/C11H16BrNO/c1-11(2,7-8-14)13-10-6-4-3-5-9(10)12/h3-6,13-14H,7-8H2,1-2H3. The highest BCUT2D eigenvalue weighted by Crippen LogP contribution is 2.25. The topological polar surface area (TPSA) is 32.3 Å². The smallest absolute Gasteiger partial charge is 0.0488 e. The van der Waals surface area contributed by atoms with E-state index in [2.05, 4.69) is 35.1 Å². The van der Waals surface area contributed by atoms with Gasteiger partial charge in [0, 0.05) is 22.3 Å². The molecule has 0 amide bonds. The van der Waals surface area contributed by atoms with Crippen molar-refractivity contribution < 1.29 is 5.11 Å². The van der Waals surface area contributed by atoms with Crippen molar-refractivity contribution in [3.63, 3.8) is 0 Å². The van der Waals surface area contributed by atoms with Crippen molar-refractivity contribution in [2.24, 2.45) is 0 Å². The van der Waals surface area contributed by atoms with Gasteiger partial charge in [-0.15, -0.1) is 0 Å². The Hall–Kier alpha value is -0.540. The number of aliphatic hydroxyl groups is 1. The largest absolute Gasteiger partial charge is 0.396 e. The Balaban J connectivity index is 2.73. The summed E-state index contributed by atoms with van der Waals surface area (Å²) in [5.74, 6) is 0. The van der Waals surface area contributed by atoms with Gasteiger partial charge in [0.2, 0.25) is 0 Å². The molecule has 2 nitrogen and oxygen atoms in total. The third kappa shape index (κ3) is 3.31. The summed E-state index contributed by atoms with van der Waals surface area (Å²) >= 11 is 3.48. The van der Waals surface area contributed by atoms with E-state index >= 15 is 0 Å². The van der Waals surface area contributed by atoms with E-state index in [0.717, 1.165) is 16.6 Å². The Morgan fingerprint density at radius 1 is 1.36 bits per heavy atom. The molecule has 0 saturated heterocycles. The van der Waals surface area contributed by atoms with Gasteiger partial charge in [-0.25, -0.2) is 0 Å². The molecule has 0 aliphatic carbocycles. The minimum atomic E-state index is -0.0847. The van der Waals surface area contributed by atoms with E-state index in [0.29, 0.717) is 0 Å². The number of benzene rings is 1. The summed E-state index contributed by atoms with van der Waals surface area (Å²) in [4.78, 5) is 0. The van der Waals surface area contributed by atoms with E-state index in [1.54, 1.807) is 0 Å². The first-order valence-corrected chi connectivity index (χ1v) is 5.48. The Morgan fingerprint density at radius 3 is 2.57 bits per heavy atom. The van der Waals surface area contributed by atoms with Crippen LogP contribution in [0.1, 0.15) is 20.3 Å². The van der Waals surface area contributed by atoms with Crippen LogP contribution >= 0.6 is 15.9 Å². The minimum Gasteiger partial charge on any atom is -0.396 e. The lowest BCUT2D eigenvalue weighted by molar-refractivity contribution is 0.261. The number of aliphatic hydroxyl groups excluding tert-OH is 1. The third-order valence-electron chi connectivity index (χ3n) is 2.08. The van der Waals surface area contributed by atoms with Crippen molar-refractivity contribution in [3.05, 3.63) is 28.7 Å². The maximum atomic E-state index is 8.90. The first-order chi connectivity index (χ1) is 6.55. The molecule has 0 radical (unpaired) electrons. The molecule has 1 aromatic carbocycles. The number of halogens is 1. The van der Waals surface area contributed by atoms with Gasteiger partial charge in [-0.05, 0) is 48.3 Å². The maximum absolute atomic E-state index is 8.90. The van der Waals surface area contributed by atoms with Crippen LogP contribution in [-0.2, 0) is 0 Å². The quantitative estimate of drug-likeness (QED) is 0.870. The molecule has 0 atom stereocenters. The zero-order chi connectivity index (χ0) is 10.6. The lowest BCUT2D eigenvalue weighted by Crippen LogP contribution is -2.32. The van der Waals surface area contributed by atoms with Crippen LogP contribution in [0, 0.1) is 0 Å². The lowest BCUT2D eigenvalue weighted by atomic mass is 10.0. The fourth-order valence-corrected chi connectivity index (χ4v) is 1.65. The summed E-state index contributed by atoms with van der Waals surface area (Å²) in [5, 5.41) is 12.3. The number of hydrogen-bond donors (Lipinski definition) is 2. The van der Waals surface area contributed by atoms with Gasteiger partial charge in [0.05, 0.1) is 0 Å².